The number of benzene rings is 1. The minimum absolute atomic E-state index is 0.0906. The van der Waals surface area contributed by atoms with Gasteiger partial charge in [-0.15, -0.1) is 0 Å². The van der Waals surface area contributed by atoms with Gasteiger partial charge in [-0.1, -0.05) is 18.2 Å². The lowest BCUT2D eigenvalue weighted by Crippen LogP contribution is -2.27. The molecule has 1 aliphatic rings. The van der Waals surface area contributed by atoms with Gasteiger partial charge in [-0.05, 0) is 49.1 Å². The molecular weight excluding hydrogens is 316 g/mol. The highest BCUT2D eigenvalue weighted by Gasteiger charge is 2.27. The number of rotatable bonds is 3. The minimum Gasteiger partial charge on any atom is -0.508 e. The van der Waals surface area contributed by atoms with Gasteiger partial charge in [-0.3, -0.25) is 4.79 Å². The van der Waals surface area contributed by atoms with Gasteiger partial charge in [0.05, 0.1) is 23.5 Å². The van der Waals surface area contributed by atoms with Crippen molar-refractivity contribution in [2.75, 3.05) is 0 Å². The van der Waals surface area contributed by atoms with Gasteiger partial charge >= 0.3 is 0 Å². The Morgan fingerprint density at radius 1 is 1.28 bits per heavy atom. The van der Waals surface area contributed by atoms with E-state index in [0.29, 0.717) is 17.1 Å². The SMILES string of the molecule is Cc1c(C(=O)N[C@@H]2CCc3c(O)cccc32)cnn1-c1ccccn1. The summed E-state index contributed by atoms with van der Waals surface area (Å²) in [4.78, 5) is 17.0. The molecule has 1 aromatic carbocycles. The van der Waals surface area contributed by atoms with Crippen LogP contribution in [0.15, 0.2) is 48.8 Å². The summed E-state index contributed by atoms with van der Waals surface area (Å²) < 4.78 is 1.66. The molecule has 25 heavy (non-hydrogen) atoms. The van der Waals surface area contributed by atoms with E-state index in [1.54, 1.807) is 23.1 Å². The number of hydrogen-bond donors (Lipinski definition) is 2. The molecule has 1 atom stereocenters. The van der Waals surface area contributed by atoms with E-state index in [0.717, 1.165) is 29.7 Å². The second-order valence-electron chi connectivity index (χ2n) is 6.15. The van der Waals surface area contributed by atoms with E-state index < -0.39 is 0 Å². The molecule has 0 spiro atoms. The van der Waals surface area contributed by atoms with Crippen LogP contribution in [0.2, 0.25) is 0 Å². The molecule has 0 saturated heterocycles. The fourth-order valence-electron chi connectivity index (χ4n) is 3.36. The van der Waals surface area contributed by atoms with Crippen LogP contribution in [0.4, 0.5) is 0 Å². The van der Waals surface area contributed by atoms with Crippen LogP contribution in [0.1, 0.15) is 39.6 Å². The van der Waals surface area contributed by atoms with Gasteiger partial charge in [0.2, 0.25) is 0 Å². The number of aromatic nitrogens is 3. The average Bonchev–Trinajstić information content (AvgIpc) is 3.20. The zero-order valence-corrected chi connectivity index (χ0v) is 13.8. The number of carbonyl (C=O) groups excluding carboxylic acids is 1. The largest absolute Gasteiger partial charge is 0.508 e. The predicted molar refractivity (Wildman–Crippen MR) is 92.7 cm³/mol. The molecule has 0 saturated carbocycles. The zero-order valence-electron chi connectivity index (χ0n) is 13.8. The number of pyridine rings is 1. The molecule has 0 unspecified atom stereocenters. The highest BCUT2D eigenvalue weighted by Crippen LogP contribution is 2.36. The summed E-state index contributed by atoms with van der Waals surface area (Å²) in [5, 5.41) is 17.3. The molecule has 1 amide bonds. The molecule has 2 aromatic heterocycles. The van der Waals surface area contributed by atoms with Gasteiger partial charge in [0.1, 0.15) is 5.75 Å². The summed E-state index contributed by atoms with van der Waals surface area (Å²) in [5.41, 5.74) is 3.18. The van der Waals surface area contributed by atoms with Crippen molar-refractivity contribution in [2.24, 2.45) is 0 Å². The van der Waals surface area contributed by atoms with E-state index in [1.165, 1.54) is 0 Å². The van der Waals surface area contributed by atoms with Crippen molar-refractivity contribution >= 4 is 5.91 Å². The lowest BCUT2D eigenvalue weighted by molar-refractivity contribution is 0.0936. The summed E-state index contributed by atoms with van der Waals surface area (Å²) in [7, 11) is 0. The summed E-state index contributed by atoms with van der Waals surface area (Å²) >= 11 is 0. The van der Waals surface area contributed by atoms with Crippen molar-refractivity contribution in [2.45, 2.75) is 25.8 Å². The van der Waals surface area contributed by atoms with Crippen molar-refractivity contribution in [1.29, 1.82) is 0 Å². The fourth-order valence-corrected chi connectivity index (χ4v) is 3.36. The van der Waals surface area contributed by atoms with E-state index in [4.69, 9.17) is 0 Å². The maximum Gasteiger partial charge on any atom is 0.255 e. The summed E-state index contributed by atoms with van der Waals surface area (Å²) in [6.45, 7) is 1.85. The predicted octanol–water partition coefficient (Wildman–Crippen LogP) is 2.70. The number of hydrogen-bond acceptors (Lipinski definition) is 4. The molecular formula is C19H18N4O2. The van der Waals surface area contributed by atoms with Crippen molar-refractivity contribution in [3.05, 3.63) is 71.2 Å². The Labute approximate surface area is 145 Å². The minimum atomic E-state index is -0.166. The van der Waals surface area contributed by atoms with E-state index in [1.807, 2.05) is 37.3 Å². The lowest BCUT2D eigenvalue weighted by Gasteiger charge is -2.14. The van der Waals surface area contributed by atoms with E-state index in [-0.39, 0.29) is 11.9 Å². The first-order chi connectivity index (χ1) is 12.1. The number of fused-ring (bicyclic) bond motifs is 1. The highest BCUT2D eigenvalue weighted by atomic mass is 16.3. The van der Waals surface area contributed by atoms with Crippen LogP contribution in [0.3, 0.4) is 0 Å². The van der Waals surface area contributed by atoms with Gasteiger partial charge in [0, 0.05) is 6.20 Å². The monoisotopic (exact) mass is 334 g/mol. The Hall–Kier alpha value is -3.15. The molecule has 0 aliphatic heterocycles. The summed E-state index contributed by atoms with van der Waals surface area (Å²) in [6.07, 6.45) is 4.81. The second kappa shape index (κ2) is 6.05. The van der Waals surface area contributed by atoms with Crippen LogP contribution < -0.4 is 5.32 Å². The standard InChI is InChI=1S/C19H18N4O2/c1-12-15(11-21-23(12)18-7-2-3-10-20-18)19(25)22-16-9-8-14-13(16)5-4-6-17(14)24/h2-7,10-11,16,24H,8-9H2,1H3,(H,22,25)/t16-/m1/s1. The Kier molecular flexibility index (Phi) is 3.72. The van der Waals surface area contributed by atoms with Gasteiger partial charge < -0.3 is 10.4 Å². The van der Waals surface area contributed by atoms with E-state index in [9.17, 15) is 9.90 Å². The van der Waals surface area contributed by atoms with Crippen molar-refractivity contribution in [1.82, 2.24) is 20.1 Å². The molecule has 1 aliphatic carbocycles. The Balaban J connectivity index is 1.58. The number of phenolic OH excluding ortho intramolecular Hbond substituents is 1. The first kappa shape index (κ1) is 15.4. The van der Waals surface area contributed by atoms with Gasteiger partial charge in [0.25, 0.3) is 5.91 Å². The van der Waals surface area contributed by atoms with Crippen LogP contribution >= 0.6 is 0 Å². The Morgan fingerprint density at radius 2 is 2.16 bits per heavy atom. The third-order valence-electron chi connectivity index (χ3n) is 4.67. The van der Waals surface area contributed by atoms with E-state index >= 15 is 0 Å². The molecule has 6 nitrogen and oxygen atoms in total. The third kappa shape index (κ3) is 2.65. The molecule has 6 heteroatoms. The van der Waals surface area contributed by atoms with Gasteiger partial charge in [-0.2, -0.15) is 5.10 Å². The fraction of sp³-hybridized carbons (Fsp3) is 0.211. The van der Waals surface area contributed by atoms with Crippen LogP contribution in [-0.2, 0) is 6.42 Å². The van der Waals surface area contributed by atoms with Crippen molar-refractivity contribution in [3.8, 4) is 11.6 Å². The maximum atomic E-state index is 12.7. The number of carbonyl (C=O) groups is 1. The van der Waals surface area contributed by atoms with E-state index in [2.05, 4.69) is 15.4 Å². The molecule has 0 fully saturated rings. The molecule has 126 valence electrons. The number of nitrogens with one attached hydrogen (secondary N) is 1. The molecule has 4 rings (SSSR count). The molecule has 2 N–H and O–H groups in total. The number of nitrogens with zero attached hydrogens (tertiary/aromatic N) is 3. The lowest BCUT2D eigenvalue weighted by atomic mass is 10.1. The maximum absolute atomic E-state index is 12.7. The van der Waals surface area contributed by atoms with Crippen molar-refractivity contribution in [3.63, 3.8) is 0 Å². The van der Waals surface area contributed by atoms with Gasteiger partial charge in [0.15, 0.2) is 5.82 Å². The highest BCUT2D eigenvalue weighted by molar-refractivity contribution is 5.95. The van der Waals surface area contributed by atoms with Crippen LogP contribution in [0.25, 0.3) is 5.82 Å². The third-order valence-corrected chi connectivity index (χ3v) is 4.67. The number of aromatic hydroxyl groups is 1. The molecule has 2 heterocycles. The summed E-state index contributed by atoms with van der Waals surface area (Å²) in [6, 6.07) is 10.9. The Bertz CT molecular complexity index is 934. The number of amides is 1. The smallest absolute Gasteiger partial charge is 0.255 e. The number of phenols is 1. The summed E-state index contributed by atoms with van der Waals surface area (Å²) in [5.74, 6) is 0.810. The molecule has 3 aromatic rings. The van der Waals surface area contributed by atoms with Crippen LogP contribution in [-0.4, -0.2) is 25.8 Å². The average molecular weight is 334 g/mol. The zero-order chi connectivity index (χ0) is 17.4. The van der Waals surface area contributed by atoms with Crippen LogP contribution in [0, 0.1) is 6.92 Å². The second-order valence-corrected chi connectivity index (χ2v) is 6.15. The normalized spacial score (nSPS) is 15.8. The molecule has 0 bridgehead atoms. The topological polar surface area (TPSA) is 80.0 Å². The quantitative estimate of drug-likeness (QED) is 0.772. The first-order valence-corrected chi connectivity index (χ1v) is 8.23. The molecule has 0 radical (unpaired) electrons. The first-order valence-electron chi connectivity index (χ1n) is 8.23. The van der Waals surface area contributed by atoms with Gasteiger partial charge in [-0.25, -0.2) is 9.67 Å². The van der Waals surface area contributed by atoms with Crippen molar-refractivity contribution < 1.29 is 9.90 Å². The van der Waals surface area contributed by atoms with Crippen LogP contribution in [0.5, 0.6) is 5.75 Å². The Morgan fingerprint density at radius 3 is 2.96 bits per heavy atom.